The number of nitrogens with zero attached hydrogens (tertiary/aromatic N) is 3. The van der Waals surface area contributed by atoms with Crippen molar-refractivity contribution in [2.24, 2.45) is 0 Å². The smallest absolute Gasteiger partial charge is 0.257 e. The first-order valence-electron chi connectivity index (χ1n) is 10.3. The van der Waals surface area contributed by atoms with E-state index in [-0.39, 0.29) is 24.5 Å². The molecule has 0 saturated carbocycles. The second-order valence-corrected chi connectivity index (χ2v) is 7.33. The van der Waals surface area contributed by atoms with Gasteiger partial charge >= 0.3 is 0 Å². The number of allylic oxidation sites excluding steroid dienone is 1. The molecule has 2 aromatic rings. The van der Waals surface area contributed by atoms with E-state index in [4.69, 9.17) is 9.57 Å². The van der Waals surface area contributed by atoms with Crippen molar-refractivity contribution < 1.29 is 19.2 Å². The lowest BCUT2D eigenvalue weighted by molar-refractivity contribution is -0.123. The van der Waals surface area contributed by atoms with Gasteiger partial charge in [-0.15, -0.1) is 0 Å². The van der Waals surface area contributed by atoms with Gasteiger partial charge in [0.2, 0.25) is 5.91 Å². The molecule has 0 radical (unpaired) electrons. The number of amides is 2. The fourth-order valence-corrected chi connectivity index (χ4v) is 3.71. The minimum Gasteiger partial charge on any atom is -0.484 e. The Kier molecular flexibility index (Phi) is 6.42. The molecular weight excluding hydrogens is 398 g/mol. The molecule has 2 N–H and O–H groups in total. The van der Waals surface area contributed by atoms with Crippen LogP contribution in [0, 0.1) is 0 Å². The van der Waals surface area contributed by atoms with Crippen LogP contribution in [0.25, 0.3) is 10.9 Å². The van der Waals surface area contributed by atoms with Crippen molar-refractivity contribution in [1.29, 1.82) is 0 Å². The molecule has 2 bridgehead atoms. The van der Waals surface area contributed by atoms with Gasteiger partial charge in [0.15, 0.2) is 12.4 Å². The number of hydrogen-bond donors (Lipinski definition) is 2. The third kappa shape index (κ3) is 4.83. The molecule has 9 nitrogen and oxygen atoms in total. The molecule has 0 saturated heterocycles. The summed E-state index contributed by atoms with van der Waals surface area (Å²) in [5.74, 6) is 0.769. The molecular formula is C22H25N5O4. The number of ether oxygens (including phenoxy) is 1. The number of aromatic nitrogens is 2. The van der Waals surface area contributed by atoms with Crippen LogP contribution in [0.2, 0.25) is 0 Å². The predicted octanol–water partition coefficient (Wildman–Crippen LogP) is 2.01. The molecule has 1 atom stereocenters. The molecule has 1 unspecified atom stereocenters. The molecule has 2 heterocycles. The van der Waals surface area contributed by atoms with Crippen LogP contribution in [0.5, 0.6) is 5.75 Å². The van der Waals surface area contributed by atoms with E-state index < -0.39 is 0 Å². The highest BCUT2D eigenvalue weighted by molar-refractivity contribution is 5.90. The van der Waals surface area contributed by atoms with Gasteiger partial charge < -0.3 is 15.4 Å². The summed E-state index contributed by atoms with van der Waals surface area (Å²) in [6.45, 7) is 0.287. The van der Waals surface area contributed by atoms with Crippen molar-refractivity contribution in [3.63, 3.8) is 0 Å². The van der Waals surface area contributed by atoms with E-state index in [1.165, 1.54) is 6.33 Å². The number of anilines is 1. The molecule has 9 heteroatoms. The van der Waals surface area contributed by atoms with Gasteiger partial charge in [-0.2, -0.15) is 0 Å². The third-order valence-electron chi connectivity index (χ3n) is 5.25. The van der Waals surface area contributed by atoms with Gasteiger partial charge in [0, 0.05) is 24.6 Å². The van der Waals surface area contributed by atoms with Gasteiger partial charge in [-0.05, 0) is 43.0 Å². The number of fused-ring (bicyclic) bond motifs is 2. The molecule has 0 fully saturated rings. The zero-order valence-corrected chi connectivity index (χ0v) is 17.3. The Morgan fingerprint density at radius 1 is 1.23 bits per heavy atom. The monoisotopic (exact) mass is 423 g/mol. The average Bonchev–Trinajstić information content (AvgIpc) is 2.80. The van der Waals surface area contributed by atoms with Crippen LogP contribution < -0.4 is 20.4 Å². The topological polar surface area (TPSA) is 106 Å². The molecule has 2 aliphatic rings. The maximum Gasteiger partial charge on any atom is 0.257 e. The first-order valence-corrected chi connectivity index (χ1v) is 10.3. The number of carbonyl (C=O) groups is 2. The molecule has 1 aromatic carbocycles. The summed E-state index contributed by atoms with van der Waals surface area (Å²) < 4.78 is 5.67. The summed E-state index contributed by atoms with van der Waals surface area (Å²) in [4.78, 5) is 38.9. The van der Waals surface area contributed by atoms with E-state index in [9.17, 15) is 9.59 Å². The van der Waals surface area contributed by atoms with Crippen LogP contribution in [0.15, 0.2) is 48.5 Å². The standard InChI is InChI=1S/C22H25N5O4/c1-30-27-19-6-3-2-5-15(19)12-24-20(28)7-4-10-23-21(29)13-31-16-8-9-18-17(11-16)22(27)26-14-25-18/h2,5,8-9,11-12,14,19H,3-4,6-7,10,13H2,1H3,(H,23,29)(H,24,28). The van der Waals surface area contributed by atoms with Gasteiger partial charge in [0.05, 0.1) is 18.7 Å². The minimum absolute atomic E-state index is 0.111. The highest BCUT2D eigenvalue weighted by Crippen LogP contribution is 2.32. The lowest BCUT2D eigenvalue weighted by atomic mass is 9.96. The van der Waals surface area contributed by atoms with E-state index >= 15 is 0 Å². The van der Waals surface area contributed by atoms with Crippen LogP contribution in [-0.2, 0) is 14.4 Å². The molecule has 2 amide bonds. The Labute approximate surface area is 180 Å². The molecule has 4 rings (SSSR count). The Bertz CT molecular complexity index is 1040. The van der Waals surface area contributed by atoms with Gasteiger partial charge in [-0.1, -0.05) is 12.2 Å². The van der Waals surface area contributed by atoms with Crippen LogP contribution in [0.4, 0.5) is 5.82 Å². The maximum absolute atomic E-state index is 12.2. The Morgan fingerprint density at radius 2 is 2.13 bits per heavy atom. The number of hydroxylamine groups is 1. The SMILES string of the molecule is CON1c2ncnc3ccc(cc23)OCC(=O)NCCCC(=O)NC=C2C=CCCC21. The van der Waals surface area contributed by atoms with E-state index in [1.54, 1.807) is 24.4 Å². The van der Waals surface area contributed by atoms with Gasteiger partial charge in [-0.25, -0.2) is 15.0 Å². The van der Waals surface area contributed by atoms with Gasteiger partial charge in [-0.3, -0.25) is 14.4 Å². The number of rotatable bonds is 1. The lowest BCUT2D eigenvalue weighted by Gasteiger charge is -2.33. The second-order valence-electron chi connectivity index (χ2n) is 7.33. The van der Waals surface area contributed by atoms with Crippen molar-refractivity contribution in [2.75, 3.05) is 25.3 Å². The van der Waals surface area contributed by atoms with Crippen molar-refractivity contribution in [2.45, 2.75) is 31.7 Å². The highest BCUT2D eigenvalue weighted by atomic mass is 16.7. The zero-order chi connectivity index (χ0) is 21.6. The van der Waals surface area contributed by atoms with E-state index in [2.05, 4.69) is 26.7 Å². The molecule has 31 heavy (non-hydrogen) atoms. The average molecular weight is 423 g/mol. The number of nitrogens with one attached hydrogen (secondary N) is 2. The highest BCUT2D eigenvalue weighted by Gasteiger charge is 2.27. The van der Waals surface area contributed by atoms with E-state index in [0.29, 0.717) is 31.0 Å². The number of carbonyl (C=O) groups excluding carboxylic acids is 2. The quantitative estimate of drug-likeness (QED) is 0.723. The van der Waals surface area contributed by atoms with Crippen LogP contribution >= 0.6 is 0 Å². The number of hydrogen-bond acceptors (Lipinski definition) is 7. The number of benzene rings is 1. The van der Waals surface area contributed by atoms with Crippen molar-refractivity contribution in [1.82, 2.24) is 20.6 Å². The first kappa shape index (κ1) is 20.8. The van der Waals surface area contributed by atoms with Crippen LogP contribution in [-0.4, -0.2) is 48.1 Å². The minimum atomic E-state index is -0.244. The summed E-state index contributed by atoms with van der Waals surface area (Å²) in [5.41, 5.74) is 1.64. The molecule has 1 aliphatic heterocycles. The summed E-state index contributed by atoms with van der Waals surface area (Å²) in [7, 11) is 1.59. The van der Waals surface area contributed by atoms with Crippen molar-refractivity contribution >= 4 is 28.5 Å². The van der Waals surface area contributed by atoms with Crippen LogP contribution in [0.3, 0.4) is 0 Å². The summed E-state index contributed by atoms with van der Waals surface area (Å²) in [6, 6.07) is 5.27. The molecule has 162 valence electrons. The molecule has 1 aliphatic carbocycles. The normalized spacial score (nSPS) is 20.4. The van der Waals surface area contributed by atoms with Crippen LogP contribution in [0.1, 0.15) is 25.7 Å². The van der Waals surface area contributed by atoms with Crippen molar-refractivity contribution in [3.8, 4) is 5.75 Å². The third-order valence-corrected chi connectivity index (χ3v) is 5.25. The Balaban J connectivity index is 1.77. The van der Waals surface area contributed by atoms with E-state index in [1.807, 2.05) is 18.2 Å². The Hall–Kier alpha value is -3.46. The fraction of sp³-hybridized carbons (Fsp3) is 0.364. The summed E-state index contributed by atoms with van der Waals surface area (Å²) in [6.07, 6.45) is 9.80. The van der Waals surface area contributed by atoms with E-state index in [0.717, 1.165) is 29.3 Å². The lowest BCUT2D eigenvalue weighted by Crippen LogP contribution is -2.38. The fourth-order valence-electron chi connectivity index (χ4n) is 3.71. The largest absolute Gasteiger partial charge is 0.484 e. The first-order chi connectivity index (χ1) is 15.2. The van der Waals surface area contributed by atoms with Gasteiger partial charge in [0.1, 0.15) is 12.1 Å². The zero-order valence-electron chi connectivity index (χ0n) is 17.3. The van der Waals surface area contributed by atoms with Crippen molar-refractivity contribution in [3.05, 3.63) is 48.5 Å². The summed E-state index contributed by atoms with van der Waals surface area (Å²) in [5, 5.41) is 8.10. The summed E-state index contributed by atoms with van der Waals surface area (Å²) >= 11 is 0. The predicted molar refractivity (Wildman–Crippen MR) is 115 cm³/mol. The molecule has 1 aromatic heterocycles. The Morgan fingerprint density at radius 3 is 3.00 bits per heavy atom. The maximum atomic E-state index is 12.2. The molecule has 0 spiro atoms. The van der Waals surface area contributed by atoms with Gasteiger partial charge in [0.25, 0.3) is 5.91 Å². The second kappa shape index (κ2) is 9.57.